The number of piperazine rings is 1. The lowest BCUT2D eigenvalue weighted by Crippen LogP contribution is -2.48. The van der Waals surface area contributed by atoms with Crippen molar-refractivity contribution in [3.05, 3.63) is 59.9 Å². The number of halogens is 1. The zero-order valence-electron chi connectivity index (χ0n) is 17.2. The number of anilines is 1. The zero-order valence-corrected chi connectivity index (χ0v) is 18.0. The molecule has 1 aliphatic heterocycles. The molecular weight excluding hydrogens is 405 g/mol. The van der Waals surface area contributed by atoms with Crippen LogP contribution in [0, 0.1) is 5.82 Å². The molecule has 162 valence electrons. The summed E-state index contributed by atoms with van der Waals surface area (Å²) in [7, 11) is -3.69. The Balaban J connectivity index is 1.64. The van der Waals surface area contributed by atoms with Crippen molar-refractivity contribution < 1.29 is 17.6 Å². The second-order valence-corrected chi connectivity index (χ2v) is 9.30. The molecule has 1 saturated heterocycles. The van der Waals surface area contributed by atoms with E-state index in [9.17, 15) is 17.6 Å². The van der Waals surface area contributed by atoms with Gasteiger partial charge in [0.05, 0.1) is 4.90 Å². The average Bonchev–Trinajstić information content (AvgIpc) is 2.77. The van der Waals surface area contributed by atoms with Crippen LogP contribution in [0.2, 0.25) is 0 Å². The normalized spacial score (nSPS) is 15.2. The third kappa shape index (κ3) is 5.37. The van der Waals surface area contributed by atoms with Crippen molar-refractivity contribution in [2.45, 2.75) is 31.1 Å². The SMILES string of the molecule is CCCCCNC(=O)c1cccc(S(=O)(=O)N2CCN(c3ccc(F)cc3)CC2)c1. The maximum atomic E-state index is 13.1. The summed E-state index contributed by atoms with van der Waals surface area (Å²) in [6, 6.07) is 12.4. The van der Waals surface area contributed by atoms with E-state index in [1.165, 1.54) is 28.6 Å². The Hall–Kier alpha value is -2.45. The molecule has 1 amide bonds. The van der Waals surface area contributed by atoms with Crippen molar-refractivity contribution in [3.63, 3.8) is 0 Å². The van der Waals surface area contributed by atoms with Gasteiger partial charge in [0.2, 0.25) is 10.0 Å². The number of rotatable bonds is 8. The Bertz CT molecular complexity index is 956. The number of benzene rings is 2. The van der Waals surface area contributed by atoms with E-state index in [4.69, 9.17) is 0 Å². The van der Waals surface area contributed by atoms with Gasteiger partial charge in [0, 0.05) is 44.0 Å². The van der Waals surface area contributed by atoms with Crippen LogP contribution in [0.1, 0.15) is 36.5 Å². The first-order chi connectivity index (χ1) is 14.4. The third-order valence-electron chi connectivity index (χ3n) is 5.23. The molecule has 1 aliphatic rings. The van der Waals surface area contributed by atoms with Crippen LogP contribution in [0.25, 0.3) is 0 Å². The van der Waals surface area contributed by atoms with E-state index >= 15 is 0 Å². The van der Waals surface area contributed by atoms with Gasteiger partial charge in [-0.05, 0) is 48.9 Å². The summed E-state index contributed by atoms with van der Waals surface area (Å²) in [6.45, 7) is 4.36. The van der Waals surface area contributed by atoms with Crippen molar-refractivity contribution in [1.82, 2.24) is 9.62 Å². The predicted molar refractivity (Wildman–Crippen MR) is 116 cm³/mol. The highest BCUT2D eigenvalue weighted by molar-refractivity contribution is 7.89. The van der Waals surface area contributed by atoms with Crippen LogP contribution in [0.15, 0.2) is 53.4 Å². The van der Waals surface area contributed by atoms with Crippen LogP contribution in [-0.4, -0.2) is 51.4 Å². The molecule has 0 aliphatic carbocycles. The highest BCUT2D eigenvalue weighted by Gasteiger charge is 2.29. The van der Waals surface area contributed by atoms with Gasteiger partial charge in [-0.1, -0.05) is 25.8 Å². The molecule has 0 unspecified atom stereocenters. The molecule has 0 saturated carbocycles. The van der Waals surface area contributed by atoms with E-state index < -0.39 is 10.0 Å². The maximum absolute atomic E-state index is 13.1. The Morgan fingerprint density at radius 2 is 1.73 bits per heavy atom. The standard InChI is InChI=1S/C22H28FN3O3S/c1-2-3-4-12-24-22(27)18-6-5-7-21(17-18)30(28,29)26-15-13-25(14-16-26)20-10-8-19(23)9-11-20/h5-11,17H,2-4,12-16H2,1H3,(H,24,27). The van der Waals surface area contributed by atoms with E-state index in [2.05, 4.69) is 12.2 Å². The Labute approximate surface area is 177 Å². The van der Waals surface area contributed by atoms with Crippen molar-refractivity contribution in [3.8, 4) is 0 Å². The Kier molecular flexibility index (Phi) is 7.44. The van der Waals surface area contributed by atoms with Crippen LogP contribution in [0.5, 0.6) is 0 Å². The van der Waals surface area contributed by atoms with Gasteiger partial charge in [0.1, 0.15) is 5.82 Å². The summed E-state index contributed by atoms with van der Waals surface area (Å²) in [5.74, 6) is -0.557. The summed E-state index contributed by atoms with van der Waals surface area (Å²) in [6.07, 6.45) is 3.01. The van der Waals surface area contributed by atoms with Gasteiger partial charge in [0.25, 0.3) is 5.91 Å². The topological polar surface area (TPSA) is 69.7 Å². The molecule has 0 atom stereocenters. The van der Waals surface area contributed by atoms with Gasteiger partial charge in [0.15, 0.2) is 0 Å². The molecule has 0 radical (unpaired) electrons. The lowest BCUT2D eigenvalue weighted by atomic mass is 10.2. The number of nitrogens with zero attached hydrogens (tertiary/aromatic N) is 2. The number of amides is 1. The molecule has 2 aromatic carbocycles. The summed E-state index contributed by atoms with van der Waals surface area (Å²) in [5, 5.41) is 2.84. The van der Waals surface area contributed by atoms with Crippen molar-refractivity contribution >= 4 is 21.6 Å². The largest absolute Gasteiger partial charge is 0.369 e. The molecular formula is C22H28FN3O3S. The van der Waals surface area contributed by atoms with E-state index in [1.54, 1.807) is 24.3 Å². The molecule has 0 spiro atoms. The van der Waals surface area contributed by atoms with Crippen molar-refractivity contribution in [1.29, 1.82) is 0 Å². The number of sulfonamides is 1. The van der Waals surface area contributed by atoms with E-state index in [1.807, 2.05) is 4.90 Å². The number of nitrogens with one attached hydrogen (secondary N) is 1. The maximum Gasteiger partial charge on any atom is 0.251 e. The highest BCUT2D eigenvalue weighted by atomic mass is 32.2. The van der Waals surface area contributed by atoms with Gasteiger partial charge >= 0.3 is 0 Å². The van der Waals surface area contributed by atoms with E-state index in [0.29, 0.717) is 38.3 Å². The molecule has 30 heavy (non-hydrogen) atoms. The van der Waals surface area contributed by atoms with Crippen LogP contribution in [0.4, 0.5) is 10.1 Å². The summed E-state index contributed by atoms with van der Waals surface area (Å²) < 4.78 is 40.7. The summed E-state index contributed by atoms with van der Waals surface area (Å²) in [4.78, 5) is 14.5. The van der Waals surface area contributed by atoms with Gasteiger partial charge in [-0.3, -0.25) is 4.79 Å². The number of hydrogen-bond acceptors (Lipinski definition) is 4. The first-order valence-corrected chi connectivity index (χ1v) is 11.7. The van der Waals surface area contributed by atoms with E-state index in [0.717, 1.165) is 24.9 Å². The average molecular weight is 434 g/mol. The number of carbonyl (C=O) groups is 1. The molecule has 1 fully saturated rings. The van der Waals surface area contributed by atoms with Gasteiger partial charge in [-0.2, -0.15) is 4.31 Å². The van der Waals surface area contributed by atoms with Gasteiger partial charge < -0.3 is 10.2 Å². The van der Waals surface area contributed by atoms with Crippen molar-refractivity contribution in [2.24, 2.45) is 0 Å². The second kappa shape index (κ2) is 10.0. The molecule has 2 aromatic rings. The quantitative estimate of drug-likeness (QED) is 0.649. The lowest BCUT2D eigenvalue weighted by molar-refractivity contribution is 0.0952. The summed E-state index contributed by atoms with van der Waals surface area (Å²) >= 11 is 0. The smallest absolute Gasteiger partial charge is 0.251 e. The lowest BCUT2D eigenvalue weighted by Gasteiger charge is -2.35. The minimum absolute atomic E-state index is 0.124. The van der Waals surface area contributed by atoms with Crippen LogP contribution in [0.3, 0.4) is 0 Å². The van der Waals surface area contributed by atoms with Gasteiger partial charge in [-0.25, -0.2) is 12.8 Å². The Morgan fingerprint density at radius 1 is 1.03 bits per heavy atom. The molecule has 1 heterocycles. The Morgan fingerprint density at radius 3 is 2.40 bits per heavy atom. The third-order valence-corrected chi connectivity index (χ3v) is 7.12. The van der Waals surface area contributed by atoms with Crippen LogP contribution >= 0.6 is 0 Å². The minimum atomic E-state index is -3.69. The molecule has 0 aromatic heterocycles. The number of hydrogen-bond donors (Lipinski definition) is 1. The molecule has 3 rings (SSSR count). The fourth-order valence-corrected chi connectivity index (χ4v) is 4.93. The summed E-state index contributed by atoms with van der Waals surface area (Å²) in [5.41, 5.74) is 1.22. The second-order valence-electron chi connectivity index (χ2n) is 7.36. The number of unbranched alkanes of at least 4 members (excludes halogenated alkanes) is 2. The van der Waals surface area contributed by atoms with Crippen molar-refractivity contribution in [2.75, 3.05) is 37.6 Å². The first kappa shape index (κ1) is 22.2. The molecule has 6 nitrogen and oxygen atoms in total. The molecule has 0 bridgehead atoms. The highest BCUT2D eigenvalue weighted by Crippen LogP contribution is 2.22. The minimum Gasteiger partial charge on any atom is -0.369 e. The zero-order chi connectivity index (χ0) is 21.6. The fourth-order valence-electron chi connectivity index (χ4n) is 3.46. The molecule has 8 heteroatoms. The fraction of sp³-hybridized carbons (Fsp3) is 0.409. The predicted octanol–water partition coefficient (Wildman–Crippen LogP) is 3.26. The van der Waals surface area contributed by atoms with Crippen LogP contribution < -0.4 is 10.2 Å². The van der Waals surface area contributed by atoms with E-state index in [-0.39, 0.29) is 16.6 Å². The first-order valence-electron chi connectivity index (χ1n) is 10.3. The van der Waals surface area contributed by atoms with Crippen LogP contribution in [-0.2, 0) is 10.0 Å². The monoisotopic (exact) mass is 433 g/mol. The molecule has 1 N–H and O–H groups in total. The number of carbonyl (C=O) groups excluding carboxylic acids is 1. The van der Waals surface area contributed by atoms with Gasteiger partial charge in [-0.15, -0.1) is 0 Å².